The van der Waals surface area contributed by atoms with E-state index in [1.807, 2.05) is 11.8 Å². The van der Waals surface area contributed by atoms with E-state index in [0.29, 0.717) is 6.54 Å². The fourth-order valence-corrected chi connectivity index (χ4v) is 1.82. The molecule has 0 aliphatic carbocycles. The fraction of sp³-hybridized carbons (Fsp3) is 0.923. The van der Waals surface area contributed by atoms with E-state index in [1.54, 1.807) is 0 Å². The Kier molecular flexibility index (Phi) is 6.65. The van der Waals surface area contributed by atoms with E-state index in [2.05, 4.69) is 27.7 Å². The van der Waals surface area contributed by atoms with Crippen LogP contribution in [0.25, 0.3) is 0 Å². The van der Waals surface area contributed by atoms with Gasteiger partial charge in [0.05, 0.1) is 0 Å². The van der Waals surface area contributed by atoms with Crippen molar-refractivity contribution in [2.75, 3.05) is 19.6 Å². The second-order valence-corrected chi connectivity index (χ2v) is 5.23. The lowest BCUT2D eigenvalue weighted by Gasteiger charge is -2.33. The Morgan fingerprint density at radius 3 is 2.06 bits per heavy atom. The van der Waals surface area contributed by atoms with Crippen molar-refractivity contribution >= 4 is 5.91 Å². The largest absolute Gasteiger partial charge is 0.342 e. The zero-order valence-corrected chi connectivity index (χ0v) is 11.5. The molecule has 0 aliphatic heterocycles. The molecule has 1 amide bonds. The summed E-state index contributed by atoms with van der Waals surface area (Å²) in [4.78, 5) is 14.2. The summed E-state index contributed by atoms with van der Waals surface area (Å²) >= 11 is 0. The Morgan fingerprint density at radius 1 is 1.25 bits per heavy atom. The van der Waals surface area contributed by atoms with Gasteiger partial charge in [0.1, 0.15) is 0 Å². The lowest BCUT2D eigenvalue weighted by molar-refractivity contribution is -0.136. The van der Waals surface area contributed by atoms with Crippen LogP contribution in [-0.4, -0.2) is 30.4 Å². The van der Waals surface area contributed by atoms with Gasteiger partial charge in [-0.15, -0.1) is 0 Å². The second-order valence-electron chi connectivity index (χ2n) is 5.23. The molecular weight excluding hydrogens is 200 g/mol. The maximum absolute atomic E-state index is 12.2. The molecule has 0 spiro atoms. The van der Waals surface area contributed by atoms with E-state index >= 15 is 0 Å². The topological polar surface area (TPSA) is 46.3 Å². The summed E-state index contributed by atoms with van der Waals surface area (Å²) in [6.45, 7) is 12.5. The molecule has 0 radical (unpaired) electrons. The van der Waals surface area contributed by atoms with Gasteiger partial charge in [0.15, 0.2) is 0 Å². The van der Waals surface area contributed by atoms with Crippen molar-refractivity contribution in [1.82, 2.24) is 4.90 Å². The van der Waals surface area contributed by atoms with Gasteiger partial charge in [-0.1, -0.05) is 27.7 Å². The van der Waals surface area contributed by atoms with Crippen LogP contribution in [0.2, 0.25) is 0 Å². The van der Waals surface area contributed by atoms with Crippen molar-refractivity contribution in [3.8, 4) is 0 Å². The third-order valence-electron chi connectivity index (χ3n) is 3.20. The van der Waals surface area contributed by atoms with E-state index in [9.17, 15) is 4.79 Å². The highest BCUT2D eigenvalue weighted by molar-refractivity contribution is 5.78. The van der Waals surface area contributed by atoms with E-state index in [-0.39, 0.29) is 17.2 Å². The molecule has 0 aliphatic rings. The van der Waals surface area contributed by atoms with Crippen molar-refractivity contribution in [2.24, 2.45) is 17.1 Å². The number of hydrogen-bond donors (Lipinski definition) is 1. The average Bonchev–Trinajstić information content (AvgIpc) is 2.27. The fourth-order valence-electron chi connectivity index (χ4n) is 1.82. The summed E-state index contributed by atoms with van der Waals surface area (Å²) in [7, 11) is 0. The molecule has 0 aromatic rings. The van der Waals surface area contributed by atoms with Gasteiger partial charge in [-0.25, -0.2) is 0 Å². The minimum absolute atomic E-state index is 0.0116. The molecule has 0 fully saturated rings. The summed E-state index contributed by atoms with van der Waals surface area (Å²) in [6, 6.07) is 0. The van der Waals surface area contributed by atoms with Crippen LogP contribution in [-0.2, 0) is 4.79 Å². The van der Waals surface area contributed by atoms with Crippen molar-refractivity contribution in [3.63, 3.8) is 0 Å². The first-order valence-corrected chi connectivity index (χ1v) is 6.40. The molecule has 0 saturated carbocycles. The predicted molar refractivity (Wildman–Crippen MR) is 69.2 cm³/mol. The molecule has 96 valence electrons. The van der Waals surface area contributed by atoms with Crippen LogP contribution in [0.4, 0.5) is 0 Å². The van der Waals surface area contributed by atoms with Crippen molar-refractivity contribution in [1.29, 1.82) is 0 Å². The van der Waals surface area contributed by atoms with E-state index in [4.69, 9.17) is 5.73 Å². The highest BCUT2D eigenvalue weighted by Crippen LogP contribution is 2.18. The van der Waals surface area contributed by atoms with E-state index < -0.39 is 0 Å². The molecule has 2 N–H and O–H groups in total. The van der Waals surface area contributed by atoms with Gasteiger partial charge in [0, 0.05) is 19.0 Å². The maximum atomic E-state index is 12.2. The maximum Gasteiger partial charge on any atom is 0.225 e. The third-order valence-corrected chi connectivity index (χ3v) is 3.20. The van der Waals surface area contributed by atoms with Crippen molar-refractivity contribution in [2.45, 2.75) is 47.5 Å². The molecule has 0 heterocycles. The molecule has 0 unspecified atom stereocenters. The molecule has 0 bridgehead atoms. The van der Waals surface area contributed by atoms with Crippen molar-refractivity contribution in [3.05, 3.63) is 0 Å². The van der Waals surface area contributed by atoms with Crippen LogP contribution in [0.15, 0.2) is 0 Å². The highest BCUT2D eigenvalue weighted by atomic mass is 16.2. The van der Waals surface area contributed by atoms with Gasteiger partial charge >= 0.3 is 0 Å². The monoisotopic (exact) mass is 228 g/mol. The third kappa shape index (κ3) is 4.52. The molecule has 0 aromatic heterocycles. The molecule has 3 heteroatoms. The van der Waals surface area contributed by atoms with Crippen molar-refractivity contribution < 1.29 is 4.79 Å². The Morgan fingerprint density at radius 2 is 1.75 bits per heavy atom. The molecule has 0 rings (SSSR count). The second kappa shape index (κ2) is 6.89. The van der Waals surface area contributed by atoms with Crippen LogP contribution in [0.5, 0.6) is 0 Å². The number of carbonyl (C=O) groups excluding carboxylic acids is 1. The SMILES string of the molecule is CCC(CC)C(=O)N(CC)CC(C)(C)CN. The van der Waals surface area contributed by atoms with Crippen LogP contribution >= 0.6 is 0 Å². The zero-order valence-electron chi connectivity index (χ0n) is 11.5. The average molecular weight is 228 g/mol. The number of nitrogens with zero attached hydrogens (tertiary/aromatic N) is 1. The smallest absolute Gasteiger partial charge is 0.225 e. The Balaban J connectivity index is 4.55. The number of nitrogens with two attached hydrogens (primary N) is 1. The Bertz CT molecular complexity index is 210. The lowest BCUT2D eigenvalue weighted by Crippen LogP contribution is -2.44. The summed E-state index contributed by atoms with van der Waals surface area (Å²) in [6.07, 6.45) is 1.85. The van der Waals surface area contributed by atoms with Crippen LogP contribution < -0.4 is 5.73 Å². The number of hydrogen-bond acceptors (Lipinski definition) is 2. The lowest BCUT2D eigenvalue weighted by atomic mass is 9.92. The first-order chi connectivity index (χ1) is 7.41. The Labute approximate surface area is 100 Å². The highest BCUT2D eigenvalue weighted by Gasteiger charge is 2.26. The van der Waals surface area contributed by atoms with Gasteiger partial charge in [0.25, 0.3) is 0 Å². The minimum Gasteiger partial charge on any atom is -0.342 e. The van der Waals surface area contributed by atoms with E-state index in [0.717, 1.165) is 25.9 Å². The van der Waals surface area contributed by atoms with Crippen LogP contribution in [0.1, 0.15) is 47.5 Å². The zero-order chi connectivity index (χ0) is 12.8. The first kappa shape index (κ1) is 15.4. The van der Waals surface area contributed by atoms with Gasteiger partial charge < -0.3 is 10.6 Å². The number of rotatable bonds is 7. The number of amides is 1. The Hall–Kier alpha value is -0.570. The first-order valence-electron chi connectivity index (χ1n) is 6.40. The summed E-state index contributed by atoms with van der Waals surface area (Å²) in [5.74, 6) is 0.461. The molecule has 0 aromatic carbocycles. The summed E-state index contributed by atoms with van der Waals surface area (Å²) < 4.78 is 0. The molecule has 0 atom stereocenters. The minimum atomic E-state index is 0.0116. The predicted octanol–water partition coefficient (Wildman–Crippen LogP) is 2.26. The summed E-state index contributed by atoms with van der Waals surface area (Å²) in [5, 5.41) is 0. The van der Waals surface area contributed by atoms with Gasteiger partial charge in [-0.3, -0.25) is 4.79 Å². The van der Waals surface area contributed by atoms with Gasteiger partial charge in [0.2, 0.25) is 5.91 Å². The van der Waals surface area contributed by atoms with E-state index in [1.165, 1.54) is 0 Å². The quantitative estimate of drug-likeness (QED) is 0.726. The van der Waals surface area contributed by atoms with Crippen LogP contribution in [0, 0.1) is 11.3 Å². The molecule has 16 heavy (non-hydrogen) atoms. The van der Waals surface area contributed by atoms with Gasteiger partial charge in [-0.2, -0.15) is 0 Å². The number of carbonyl (C=O) groups is 1. The normalized spacial score (nSPS) is 11.9. The molecular formula is C13H28N2O. The summed E-state index contributed by atoms with van der Waals surface area (Å²) in [5.41, 5.74) is 5.72. The van der Waals surface area contributed by atoms with Gasteiger partial charge in [-0.05, 0) is 31.7 Å². The molecule has 3 nitrogen and oxygen atoms in total. The molecule has 0 saturated heterocycles. The standard InChI is InChI=1S/C13H28N2O/c1-6-11(7-2)12(16)15(8-3)10-13(4,5)9-14/h11H,6-10,14H2,1-5H3. The van der Waals surface area contributed by atoms with Crippen LogP contribution in [0.3, 0.4) is 0 Å².